The average Bonchev–Trinajstić information content (AvgIpc) is 3.06. The Balaban J connectivity index is 3.78. The first-order valence-electron chi connectivity index (χ1n) is 18.1. The van der Waals surface area contributed by atoms with Crippen molar-refractivity contribution in [2.45, 2.75) is 148 Å². The highest BCUT2D eigenvalue weighted by molar-refractivity contribution is 5.70. The van der Waals surface area contributed by atoms with Gasteiger partial charge in [0.2, 0.25) is 0 Å². The highest BCUT2D eigenvalue weighted by Crippen LogP contribution is 2.07. The molecule has 5 heteroatoms. The summed E-state index contributed by atoms with van der Waals surface area (Å²) in [6, 6.07) is 0. The maximum atomic E-state index is 12.1. The fourth-order valence-corrected chi connectivity index (χ4v) is 4.37. The summed E-state index contributed by atoms with van der Waals surface area (Å²) in [5.41, 5.74) is 0. The van der Waals surface area contributed by atoms with Crippen LogP contribution in [0.15, 0.2) is 85.1 Å². The molecule has 0 fully saturated rings. The molecule has 0 saturated heterocycles. The van der Waals surface area contributed by atoms with Crippen LogP contribution < -0.4 is 0 Å². The van der Waals surface area contributed by atoms with Crippen molar-refractivity contribution >= 4 is 11.9 Å². The molecule has 0 radical (unpaired) electrons. The number of allylic oxidation sites excluding steroid dienone is 14. The van der Waals surface area contributed by atoms with Crippen molar-refractivity contribution < 1.29 is 24.2 Å². The molecule has 0 rings (SSSR count). The van der Waals surface area contributed by atoms with Crippen molar-refractivity contribution in [1.29, 1.82) is 0 Å². The van der Waals surface area contributed by atoms with Crippen LogP contribution in [0.25, 0.3) is 0 Å². The number of ether oxygens (including phenoxy) is 2. The zero-order valence-corrected chi connectivity index (χ0v) is 29.3. The number of aliphatic hydroxyl groups is 1. The van der Waals surface area contributed by atoms with Gasteiger partial charge in [-0.2, -0.15) is 0 Å². The summed E-state index contributed by atoms with van der Waals surface area (Å²) in [6.07, 6.45) is 49.2. The Hall–Kier alpha value is -2.92. The Morgan fingerprint density at radius 2 is 0.870 bits per heavy atom. The van der Waals surface area contributed by atoms with E-state index in [4.69, 9.17) is 9.47 Å². The van der Waals surface area contributed by atoms with Crippen LogP contribution in [0.1, 0.15) is 142 Å². The molecule has 0 aromatic heterocycles. The Labute approximate surface area is 282 Å². The van der Waals surface area contributed by atoms with Gasteiger partial charge in [-0.3, -0.25) is 9.59 Å². The molecule has 0 unspecified atom stereocenters. The summed E-state index contributed by atoms with van der Waals surface area (Å²) in [4.78, 5) is 24.1. The second-order valence-corrected chi connectivity index (χ2v) is 11.6. The van der Waals surface area contributed by atoms with E-state index in [-0.39, 0.29) is 31.6 Å². The average molecular weight is 639 g/mol. The van der Waals surface area contributed by atoms with Crippen molar-refractivity contribution in [3.05, 3.63) is 85.1 Å². The lowest BCUT2D eigenvalue weighted by molar-refractivity contribution is -0.161. The van der Waals surface area contributed by atoms with Crippen LogP contribution in [0.2, 0.25) is 0 Å². The Bertz CT molecular complexity index is 906. The van der Waals surface area contributed by atoms with E-state index in [0.717, 1.165) is 57.8 Å². The molecular weight excluding hydrogens is 572 g/mol. The molecule has 260 valence electrons. The first-order chi connectivity index (χ1) is 22.6. The summed E-state index contributed by atoms with van der Waals surface area (Å²) >= 11 is 0. The van der Waals surface area contributed by atoms with Gasteiger partial charge in [0, 0.05) is 12.8 Å². The monoisotopic (exact) mass is 638 g/mol. The van der Waals surface area contributed by atoms with E-state index in [0.29, 0.717) is 12.8 Å². The highest BCUT2D eigenvalue weighted by atomic mass is 16.6. The van der Waals surface area contributed by atoms with Gasteiger partial charge in [0.05, 0.1) is 6.61 Å². The number of hydrogen-bond donors (Lipinski definition) is 1. The number of aliphatic hydroxyl groups excluding tert-OH is 1. The largest absolute Gasteiger partial charge is 0.462 e. The number of carbonyl (C=O) groups is 2. The van der Waals surface area contributed by atoms with Crippen LogP contribution in [-0.2, 0) is 19.1 Å². The standard InChI is InChI=1S/C41H66O5/c1-3-5-7-9-11-13-15-17-19-20-22-24-26-28-30-32-34-36-41(44)46-39(37-42)38-45-40(43)35-33-31-29-27-25-23-21-18-16-14-12-10-8-6-4-2/h11-14,17-19,21-22,24-25,27-28,30,39,42H,3-10,15-16,20,23,26,29,31-38H2,1-2H3/t39-/m0/s1. The van der Waals surface area contributed by atoms with Crippen molar-refractivity contribution in [2.24, 2.45) is 0 Å². The Morgan fingerprint density at radius 1 is 0.500 bits per heavy atom. The van der Waals surface area contributed by atoms with Gasteiger partial charge in [0.25, 0.3) is 0 Å². The second-order valence-electron chi connectivity index (χ2n) is 11.6. The molecule has 0 amide bonds. The minimum absolute atomic E-state index is 0.113. The van der Waals surface area contributed by atoms with Crippen LogP contribution in [0.5, 0.6) is 0 Å². The molecular formula is C41H66O5. The summed E-state index contributed by atoms with van der Waals surface area (Å²) in [7, 11) is 0. The molecule has 0 aliphatic heterocycles. The summed E-state index contributed by atoms with van der Waals surface area (Å²) in [6.45, 7) is 3.97. The SMILES string of the molecule is CCCCCC=CCC=CCC=CCC=CCCCC(=O)O[C@@H](CO)COC(=O)CCCCC=CCC=CCC=CCCCCC. The smallest absolute Gasteiger partial charge is 0.306 e. The number of hydrogen-bond acceptors (Lipinski definition) is 5. The summed E-state index contributed by atoms with van der Waals surface area (Å²) < 4.78 is 10.5. The third-order valence-electron chi connectivity index (χ3n) is 7.16. The van der Waals surface area contributed by atoms with Gasteiger partial charge in [-0.05, 0) is 89.9 Å². The van der Waals surface area contributed by atoms with Gasteiger partial charge in [-0.25, -0.2) is 0 Å². The number of rotatable bonds is 31. The van der Waals surface area contributed by atoms with Crippen LogP contribution >= 0.6 is 0 Å². The van der Waals surface area contributed by atoms with Crippen LogP contribution in [-0.4, -0.2) is 36.4 Å². The topological polar surface area (TPSA) is 72.8 Å². The predicted octanol–water partition coefficient (Wildman–Crippen LogP) is 11.2. The van der Waals surface area contributed by atoms with Crippen molar-refractivity contribution in [2.75, 3.05) is 13.2 Å². The molecule has 0 aliphatic rings. The van der Waals surface area contributed by atoms with Gasteiger partial charge in [0.15, 0.2) is 6.10 Å². The molecule has 5 nitrogen and oxygen atoms in total. The van der Waals surface area contributed by atoms with E-state index in [2.05, 4.69) is 98.9 Å². The van der Waals surface area contributed by atoms with E-state index >= 15 is 0 Å². The Kier molecular flexibility index (Phi) is 34.2. The van der Waals surface area contributed by atoms with E-state index < -0.39 is 6.10 Å². The highest BCUT2D eigenvalue weighted by Gasteiger charge is 2.15. The van der Waals surface area contributed by atoms with Crippen LogP contribution in [0.4, 0.5) is 0 Å². The molecule has 1 atom stereocenters. The molecule has 0 spiro atoms. The summed E-state index contributed by atoms with van der Waals surface area (Å²) in [5, 5.41) is 9.52. The minimum Gasteiger partial charge on any atom is -0.462 e. The molecule has 0 aromatic carbocycles. The van der Waals surface area contributed by atoms with Crippen LogP contribution in [0.3, 0.4) is 0 Å². The molecule has 1 N–H and O–H groups in total. The minimum atomic E-state index is -0.819. The van der Waals surface area contributed by atoms with E-state index in [1.165, 1.54) is 51.4 Å². The van der Waals surface area contributed by atoms with Gasteiger partial charge in [0.1, 0.15) is 6.61 Å². The van der Waals surface area contributed by atoms with Crippen LogP contribution in [0, 0.1) is 0 Å². The van der Waals surface area contributed by atoms with Crippen molar-refractivity contribution in [3.63, 3.8) is 0 Å². The molecule has 0 aromatic rings. The fourth-order valence-electron chi connectivity index (χ4n) is 4.37. The quantitative estimate of drug-likeness (QED) is 0.0465. The van der Waals surface area contributed by atoms with Gasteiger partial charge in [-0.1, -0.05) is 125 Å². The van der Waals surface area contributed by atoms with Gasteiger partial charge in [-0.15, -0.1) is 0 Å². The summed E-state index contributed by atoms with van der Waals surface area (Å²) in [5.74, 6) is -0.712. The first kappa shape index (κ1) is 43.1. The zero-order chi connectivity index (χ0) is 33.6. The van der Waals surface area contributed by atoms with E-state index in [9.17, 15) is 14.7 Å². The number of unbranched alkanes of at least 4 members (excludes halogenated alkanes) is 9. The van der Waals surface area contributed by atoms with E-state index in [1.54, 1.807) is 0 Å². The molecule has 0 saturated carbocycles. The lowest BCUT2D eigenvalue weighted by Gasteiger charge is -2.15. The number of esters is 2. The molecule has 46 heavy (non-hydrogen) atoms. The lowest BCUT2D eigenvalue weighted by atomic mass is 10.1. The van der Waals surface area contributed by atoms with Gasteiger partial charge < -0.3 is 14.6 Å². The Morgan fingerprint density at radius 3 is 1.28 bits per heavy atom. The van der Waals surface area contributed by atoms with Crippen molar-refractivity contribution in [1.82, 2.24) is 0 Å². The third-order valence-corrected chi connectivity index (χ3v) is 7.16. The number of carbonyl (C=O) groups excluding carboxylic acids is 2. The molecule has 0 aliphatic carbocycles. The molecule has 0 bridgehead atoms. The molecule has 0 heterocycles. The lowest BCUT2D eigenvalue weighted by Crippen LogP contribution is -2.28. The second kappa shape index (κ2) is 36.5. The maximum Gasteiger partial charge on any atom is 0.306 e. The van der Waals surface area contributed by atoms with E-state index in [1.807, 2.05) is 0 Å². The first-order valence-corrected chi connectivity index (χ1v) is 18.1. The maximum absolute atomic E-state index is 12.1. The van der Waals surface area contributed by atoms with Crippen molar-refractivity contribution in [3.8, 4) is 0 Å². The normalized spacial score (nSPS) is 13.2. The zero-order valence-electron chi connectivity index (χ0n) is 29.3. The third kappa shape index (κ3) is 34.0. The van der Waals surface area contributed by atoms with Gasteiger partial charge >= 0.3 is 11.9 Å². The predicted molar refractivity (Wildman–Crippen MR) is 196 cm³/mol. The fraction of sp³-hybridized carbons (Fsp3) is 0.610.